The summed E-state index contributed by atoms with van der Waals surface area (Å²) in [7, 11) is 2.31. The van der Waals surface area contributed by atoms with Crippen molar-refractivity contribution in [3.8, 4) is 0 Å². The molecule has 2 aliphatic carbocycles. The van der Waals surface area contributed by atoms with Crippen molar-refractivity contribution in [2.75, 3.05) is 13.6 Å². The van der Waals surface area contributed by atoms with Gasteiger partial charge in [0.25, 0.3) is 0 Å². The van der Waals surface area contributed by atoms with Crippen molar-refractivity contribution >= 4 is 0 Å². The fourth-order valence-electron chi connectivity index (χ4n) is 3.96. The highest BCUT2D eigenvalue weighted by molar-refractivity contribution is 4.92. The molecule has 0 radical (unpaired) electrons. The number of likely N-dealkylation sites (N-methyl/N-ethyl adjacent to an activating group) is 1. The van der Waals surface area contributed by atoms with Gasteiger partial charge < -0.3 is 10.6 Å². The third-order valence-electron chi connectivity index (χ3n) is 5.25. The molecular formula is C16H32N2. The van der Waals surface area contributed by atoms with Crippen molar-refractivity contribution in [3.63, 3.8) is 0 Å². The summed E-state index contributed by atoms with van der Waals surface area (Å²) in [5, 5.41) is 0. The SMILES string of the molecule is CN(CC1CCCCC1)C1CC(C)(C)CCC1N. The minimum Gasteiger partial charge on any atom is -0.326 e. The molecule has 0 saturated heterocycles. The van der Waals surface area contributed by atoms with Crippen LogP contribution in [0.15, 0.2) is 0 Å². The van der Waals surface area contributed by atoms with Crippen LogP contribution in [-0.2, 0) is 0 Å². The van der Waals surface area contributed by atoms with E-state index in [1.807, 2.05) is 0 Å². The third-order valence-corrected chi connectivity index (χ3v) is 5.25. The Kier molecular flexibility index (Phi) is 4.71. The lowest BCUT2D eigenvalue weighted by Gasteiger charge is -2.44. The van der Waals surface area contributed by atoms with Crippen molar-refractivity contribution in [2.24, 2.45) is 17.1 Å². The van der Waals surface area contributed by atoms with Gasteiger partial charge in [-0.2, -0.15) is 0 Å². The zero-order valence-corrected chi connectivity index (χ0v) is 12.6. The van der Waals surface area contributed by atoms with Crippen LogP contribution >= 0.6 is 0 Å². The summed E-state index contributed by atoms with van der Waals surface area (Å²) in [5.41, 5.74) is 6.85. The number of hydrogen-bond donors (Lipinski definition) is 1. The standard InChI is InChI=1S/C16H32N2/c1-16(2)10-9-14(17)15(11-16)18(3)12-13-7-5-4-6-8-13/h13-15H,4-12,17H2,1-3H3. The number of nitrogens with two attached hydrogens (primary N) is 1. The molecule has 106 valence electrons. The summed E-state index contributed by atoms with van der Waals surface area (Å²) >= 11 is 0. The predicted octanol–water partition coefficient (Wildman–Crippen LogP) is 3.40. The summed E-state index contributed by atoms with van der Waals surface area (Å²) in [6, 6.07) is 1.00. The Labute approximate surface area is 113 Å². The zero-order valence-electron chi connectivity index (χ0n) is 12.6. The van der Waals surface area contributed by atoms with Gasteiger partial charge in [-0.1, -0.05) is 33.1 Å². The molecule has 0 aliphatic heterocycles. The summed E-state index contributed by atoms with van der Waals surface area (Å²) < 4.78 is 0. The minimum atomic E-state index is 0.395. The molecule has 2 fully saturated rings. The normalized spacial score (nSPS) is 33.8. The van der Waals surface area contributed by atoms with Gasteiger partial charge in [-0.15, -0.1) is 0 Å². The molecule has 2 aliphatic rings. The van der Waals surface area contributed by atoms with Crippen molar-refractivity contribution in [1.29, 1.82) is 0 Å². The first-order chi connectivity index (χ1) is 8.48. The highest BCUT2D eigenvalue weighted by atomic mass is 15.2. The van der Waals surface area contributed by atoms with Crippen LogP contribution in [0.3, 0.4) is 0 Å². The van der Waals surface area contributed by atoms with Gasteiger partial charge in [0.05, 0.1) is 0 Å². The Balaban J connectivity index is 1.87. The molecule has 0 heterocycles. The van der Waals surface area contributed by atoms with Crippen LogP contribution < -0.4 is 5.73 Å². The lowest BCUT2D eigenvalue weighted by Crippen LogP contribution is -2.52. The van der Waals surface area contributed by atoms with E-state index in [4.69, 9.17) is 5.73 Å². The summed E-state index contributed by atoms with van der Waals surface area (Å²) in [4.78, 5) is 2.58. The van der Waals surface area contributed by atoms with Gasteiger partial charge >= 0.3 is 0 Å². The van der Waals surface area contributed by atoms with E-state index in [1.165, 1.54) is 57.9 Å². The van der Waals surface area contributed by atoms with Crippen molar-refractivity contribution in [1.82, 2.24) is 4.90 Å². The van der Waals surface area contributed by atoms with E-state index in [9.17, 15) is 0 Å². The minimum absolute atomic E-state index is 0.395. The van der Waals surface area contributed by atoms with E-state index in [0.717, 1.165) is 5.92 Å². The molecule has 18 heavy (non-hydrogen) atoms. The van der Waals surface area contributed by atoms with Crippen LogP contribution in [0.2, 0.25) is 0 Å². The molecule has 2 saturated carbocycles. The number of rotatable bonds is 3. The van der Waals surface area contributed by atoms with E-state index < -0.39 is 0 Å². The second-order valence-electron chi connectivity index (χ2n) is 7.58. The Morgan fingerprint density at radius 2 is 1.78 bits per heavy atom. The summed E-state index contributed by atoms with van der Waals surface area (Å²) in [6.45, 7) is 6.08. The van der Waals surface area contributed by atoms with Gasteiger partial charge in [0.1, 0.15) is 0 Å². The van der Waals surface area contributed by atoms with Crippen LogP contribution in [0.1, 0.15) is 65.2 Å². The number of hydrogen-bond acceptors (Lipinski definition) is 2. The van der Waals surface area contributed by atoms with Crippen LogP contribution in [0.25, 0.3) is 0 Å². The molecule has 0 aromatic heterocycles. The maximum atomic E-state index is 6.36. The molecule has 0 amide bonds. The predicted molar refractivity (Wildman–Crippen MR) is 78.6 cm³/mol. The van der Waals surface area contributed by atoms with Crippen molar-refractivity contribution in [2.45, 2.75) is 77.3 Å². The van der Waals surface area contributed by atoms with Crippen molar-refractivity contribution < 1.29 is 0 Å². The van der Waals surface area contributed by atoms with Gasteiger partial charge in [0, 0.05) is 18.6 Å². The lowest BCUT2D eigenvalue weighted by molar-refractivity contribution is 0.0798. The Morgan fingerprint density at radius 3 is 2.44 bits per heavy atom. The van der Waals surface area contributed by atoms with E-state index >= 15 is 0 Å². The Bertz CT molecular complexity index is 256. The van der Waals surface area contributed by atoms with Gasteiger partial charge in [0.2, 0.25) is 0 Å². The fraction of sp³-hybridized carbons (Fsp3) is 1.00. The quantitative estimate of drug-likeness (QED) is 0.834. The Morgan fingerprint density at radius 1 is 1.11 bits per heavy atom. The highest BCUT2D eigenvalue weighted by Gasteiger charge is 2.35. The molecule has 2 unspecified atom stereocenters. The first-order valence-electron chi connectivity index (χ1n) is 7.94. The molecule has 2 heteroatoms. The van der Waals surface area contributed by atoms with Crippen LogP contribution in [0.5, 0.6) is 0 Å². The second kappa shape index (κ2) is 5.92. The van der Waals surface area contributed by atoms with Crippen LogP contribution in [-0.4, -0.2) is 30.6 Å². The maximum absolute atomic E-state index is 6.36. The molecule has 0 bridgehead atoms. The van der Waals surface area contributed by atoms with Gasteiger partial charge in [0.15, 0.2) is 0 Å². The van der Waals surface area contributed by atoms with Crippen LogP contribution in [0, 0.1) is 11.3 Å². The monoisotopic (exact) mass is 252 g/mol. The topological polar surface area (TPSA) is 29.3 Å². The molecule has 2 rings (SSSR count). The maximum Gasteiger partial charge on any atom is 0.0249 e. The molecular weight excluding hydrogens is 220 g/mol. The van der Waals surface area contributed by atoms with E-state index in [-0.39, 0.29) is 0 Å². The van der Waals surface area contributed by atoms with E-state index in [0.29, 0.717) is 17.5 Å². The Hall–Kier alpha value is -0.0800. The first kappa shape index (κ1) is 14.3. The summed E-state index contributed by atoms with van der Waals surface area (Å²) in [5.74, 6) is 0.931. The smallest absolute Gasteiger partial charge is 0.0249 e. The molecule has 0 aromatic rings. The number of nitrogens with zero attached hydrogens (tertiary/aromatic N) is 1. The third kappa shape index (κ3) is 3.71. The molecule has 2 atom stereocenters. The van der Waals surface area contributed by atoms with E-state index in [2.05, 4.69) is 25.8 Å². The average molecular weight is 252 g/mol. The van der Waals surface area contributed by atoms with Crippen LogP contribution in [0.4, 0.5) is 0 Å². The fourth-order valence-corrected chi connectivity index (χ4v) is 3.96. The molecule has 2 N–H and O–H groups in total. The summed E-state index contributed by atoms with van der Waals surface area (Å²) in [6.07, 6.45) is 11.0. The zero-order chi connectivity index (χ0) is 13.2. The first-order valence-corrected chi connectivity index (χ1v) is 7.94. The van der Waals surface area contributed by atoms with E-state index in [1.54, 1.807) is 0 Å². The van der Waals surface area contributed by atoms with Gasteiger partial charge in [-0.25, -0.2) is 0 Å². The molecule has 2 nitrogen and oxygen atoms in total. The second-order valence-corrected chi connectivity index (χ2v) is 7.58. The van der Waals surface area contributed by atoms with Gasteiger partial charge in [-0.05, 0) is 50.5 Å². The molecule has 0 aromatic carbocycles. The van der Waals surface area contributed by atoms with Crippen molar-refractivity contribution in [3.05, 3.63) is 0 Å². The highest BCUT2D eigenvalue weighted by Crippen LogP contribution is 2.37. The van der Waals surface area contributed by atoms with Gasteiger partial charge in [-0.3, -0.25) is 0 Å². The largest absolute Gasteiger partial charge is 0.326 e. The average Bonchev–Trinajstić information content (AvgIpc) is 2.33. The lowest BCUT2D eigenvalue weighted by atomic mass is 9.72. The molecule has 0 spiro atoms.